The second kappa shape index (κ2) is 16.3. The van der Waals surface area contributed by atoms with Crippen molar-refractivity contribution in [2.45, 2.75) is 32.6 Å². The van der Waals surface area contributed by atoms with Gasteiger partial charge in [0.25, 0.3) is 0 Å². The number of carbonyl (C=O) groups is 2. The van der Waals surface area contributed by atoms with Gasteiger partial charge in [-0.1, -0.05) is 86.7 Å². The first-order chi connectivity index (χ1) is 12.5. The van der Waals surface area contributed by atoms with Crippen LogP contribution < -0.4 is 0 Å². The van der Waals surface area contributed by atoms with Gasteiger partial charge in [0.2, 0.25) is 0 Å². The van der Waals surface area contributed by atoms with Crippen molar-refractivity contribution in [1.29, 1.82) is 0 Å². The van der Waals surface area contributed by atoms with Gasteiger partial charge in [-0.25, -0.2) is 9.59 Å². The molecule has 4 nitrogen and oxygen atoms in total. The van der Waals surface area contributed by atoms with Crippen molar-refractivity contribution in [3.8, 4) is 0 Å². The van der Waals surface area contributed by atoms with Gasteiger partial charge in [-0.3, -0.25) is 0 Å². The number of hydrogen-bond acceptors (Lipinski definition) is 4. The third-order valence-electron chi connectivity index (χ3n) is 2.39. The highest BCUT2D eigenvalue weighted by molar-refractivity contribution is 8.78. The highest BCUT2D eigenvalue weighted by atomic mass is 33.1. The van der Waals surface area contributed by atoms with Gasteiger partial charge in [-0.2, -0.15) is 0 Å². The lowest BCUT2D eigenvalue weighted by atomic mass is 10.2. The SMILES string of the molecule is C=C/C=C(C(=O)O)\C(=C/C=C)SSc1ccccc1C(=O)O.CC.CC. The molecule has 0 aliphatic carbocycles. The monoisotopic (exact) mass is 394 g/mol. The van der Waals surface area contributed by atoms with E-state index in [9.17, 15) is 14.7 Å². The fraction of sp³-hybridized carbons (Fsp3) is 0.200. The van der Waals surface area contributed by atoms with Crippen LogP contribution in [0.4, 0.5) is 0 Å². The molecule has 0 amide bonds. The molecule has 0 atom stereocenters. The first kappa shape index (κ1) is 26.1. The number of carboxylic acid groups (broad SMARTS) is 2. The van der Waals surface area contributed by atoms with Crippen LogP contribution in [-0.2, 0) is 4.79 Å². The van der Waals surface area contributed by atoms with E-state index in [0.717, 1.165) is 10.8 Å². The summed E-state index contributed by atoms with van der Waals surface area (Å²) in [6, 6.07) is 6.53. The van der Waals surface area contributed by atoms with Crippen LogP contribution in [-0.4, -0.2) is 22.2 Å². The van der Waals surface area contributed by atoms with Crippen LogP contribution in [0.3, 0.4) is 0 Å². The molecule has 0 heterocycles. The minimum atomic E-state index is -1.09. The Kier molecular flexibility index (Phi) is 16.3. The molecule has 142 valence electrons. The molecule has 0 saturated carbocycles. The Morgan fingerprint density at radius 2 is 1.50 bits per heavy atom. The molecule has 0 fully saturated rings. The van der Waals surface area contributed by atoms with Gasteiger partial charge in [0, 0.05) is 9.80 Å². The molecule has 0 bridgehead atoms. The molecular formula is C20H26O4S2. The predicted molar refractivity (Wildman–Crippen MR) is 114 cm³/mol. The van der Waals surface area contributed by atoms with Crippen LogP contribution in [0.5, 0.6) is 0 Å². The minimum Gasteiger partial charge on any atom is -0.478 e. The molecule has 1 aromatic carbocycles. The van der Waals surface area contributed by atoms with Gasteiger partial charge in [0.15, 0.2) is 0 Å². The van der Waals surface area contributed by atoms with E-state index in [4.69, 9.17) is 5.11 Å². The largest absolute Gasteiger partial charge is 0.478 e. The van der Waals surface area contributed by atoms with Crippen molar-refractivity contribution in [1.82, 2.24) is 0 Å². The third kappa shape index (κ3) is 9.34. The van der Waals surface area contributed by atoms with Crippen LogP contribution in [0.2, 0.25) is 0 Å². The van der Waals surface area contributed by atoms with Crippen LogP contribution in [0, 0.1) is 0 Å². The second-order valence-corrected chi connectivity index (χ2v) is 6.07. The van der Waals surface area contributed by atoms with Gasteiger partial charge >= 0.3 is 11.9 Å². The minimum absolute atomic E-state index is 0.0696. The Morgan fingerprint density at radius 1 is 0.962 bits per heavy atom. The normalized spacial score (nSPS) is 10.5. The summed E-state index contributed by atoms with van der Waals surface area (Å²) in [5, 5.41) is 18.4. The number of hydrogen-bond donors (Lipinski definition) is 2. The molecule has 0 saturated heterocycles. The number of rotatable bonds is 8. The van der Waals surface area contributed by atoms with E-state index >= 15 is 0 Å². The van der Waals surface area contributed by atoms with Crippen LogP contribution in [0.15, 0.2) is 77.1 Å². The van der Waals surface area contributed by atoms with Gasteiger partial charge in [-0.15, -0.1) is 0 Å². The average molecular weight is 395 g/mol. The number of benzene rings is 1. The van der Waals surface area contributed by atoms with Crippen molar-refractivity contribution >= 4 is 33.5 Å². The summed E-state index contributed by atoms with van der Waals surface area (Å²) in [7, 11) is 2.33. The molecule has 1 aromatic rings. The zero-order valence-corrected chi connectivity index (χ0v) is 17.2. The molecule has 0 radical (unpaired) electrons. The summed E-state index contributed by atoms with van der Waals surface area (Å²) in [6.45, 7) is 15.1. The standard InChI is InChI=1S/C16H14O4S2.2C2H6/c1-3-7-11(15(17)18)13(8-4-2)21-22-14-10-6-5-9-12(14)16(19)20;2*1-2/h3-10H,1-2H2,(H,17,18)(H,19,20);2*1-2H3/b11-7+,13-8+;;. The molecule has 26 heavy (non-hydrogen) atoms. The van der Waals surface area contributed by atoms with Crippen LogP contribution >= 0.6 is 21.6 Å². The van der Waals surface area contributed by atoms with E-state index in [0.29, 0.717) is 9.80 Å². The van der Waals surface area contributed by atoms with Gasteiger partial charge in [0.05, 0.1) is 11.1 Å². The summed E-state index contributed by atoms with van der Waals surface area (Å²) in [6.07, 6.45) is 5.81. The van der Waals surface area contributed by atoms with Crippen molar-refractivity contribution in [3.05, 3.63) is 77.8 Å². The molecule has 0 aliphatic heterocycles. The Bertz CT molecular complexity index is 662. The molecule has 0 aromatic heterocycles. The quantitative estimate of drug-likeness (QED) is 0.300. The molecule has 6 heteroatoms. The number of aromatic carboxylic acids is 1. The van der Waals surface area contributed by atoms with E-state index in [1.54, 1.807) is 24.3 Å². The smallest absolute Gasteiger partial charge is 0.336 e. The summed E-state index contributed by atoms with van der Waals surface area (Å²) < 4.78 is 0. The average Bonchev–Trinajstić information content (AvgIpc) is 2.66. The Hall–Kier alpha value is -2.18. The van der Waals surface area contributed by atoms with Crippen molar-refractivity contribution in [2.24, 2.45) is 0 Å². The lowest BCUT2D eigenvalue weighted by Crippen LogP contribution is -2.01. The van der Waals surface area contributed by atoms with E-state index in [2.05, 4.69) is 13.2 Å². The highest BCUT2D eigenvalue weighted by Crippen LogP contribution is 2.41. The lowest BCUT2D eigenvalue weighted by Gasteiger charge is -2.08. The van der Waals surface area contributed by atoms with Gasteiger partial charge < -0.3 is 10.2 Å². The van der Waals surface area contributed by atoms with E-state index in [1.807, 2.05) is 27.7 Å². The number of allylic oxidation sites excluding steroid dienone is 4. The van der Waals surface area contributed by atoms with Crippen LogP contribution in [0.25, 0.3) is 0 Å². The van der Waals surface area contributed by atoms with E-state index in [1.165, 1.54) is 35.1 Å². The maximum Gasteiger partial charge on any atom is 0.336 e. The first-order valence-corrected chi connectivity index (χ1v) is 10.2. The Labute approximate surface area is 163 Å². The lowest BCUT2D eigenvalue weighted by molar-refractivity contribution is -0.132. The summed E-state index contributed by atoms with van der Waals surface area (Å²) in [5.74, 6) is -2.12. The van der Waals surface area contributed by atoms with E-state index < -0.39 is 11.9 Å². The van der Waals surface area contributed by atoms with Gasteiger partial charge in [-0.05, 0) is 24.3 Å². The first-order valence-electron chi connectivity index (χ1n) is 8.07. The molecule has 0 unspecified atom stereocenters. The third-order valence-corrected chi connectivity index (χ3v) is 4.87. The molecular weight excluding hydrogens is 368 g/mol. The fourth-order valence-corrected chi connectivity index (χ4v) is 3.82. The van der Waals surface area contributed by atoms with E-state index in [-0.39, 0.29) is 11.1 Å². The highest BCUT2D eigenvalue weighted by Gasteiger charge is 2.16. The maximum atomic E-state index is 11.3. The van der Waals surface area contributed by atoms with Crippen LogP contribution in [0.1, 0.15) is 38.1 Å². The number of aliphatic carboxylic acids is 1. The second-order valence-electron chi connectivity index (χ2n) is 3.86. The predicted octanol–water partition coefficient (Wildman–Crippen LogP) is 6.44. The summed E-state index contributed by atoms with van der Waals surface area (Å²) in [5.41, 5.74) is 0.239. The van der Waals surface area contributed by atoms with Crippen molar-refractivity contribution in [2.75, 3.05) is 0 Å². The summed E-state index contributed by atoms with van der Waals surface area (Å²) in [4.78, 5) is 23.4. The zero-order valence-electron chi connectivity index (χ0n) is 15.6. The summed E-state index contributed by atoms with van der Waals surface area (Å²) >= 11 is 0. The Balaban J connectivity index is 0. The molecule has 2 N–H and O–H groups in total. The molecule has 1 rings (SSSR count). The Morgan fingerprint density at radius 3 is 1.96 bits per heavy atom. The zero-order chi connectivity index (χ0) is 20.5. The molecule has 0 spiro atoms. The topological polar surface area (TPSA) is 74.6 Å². The maximum absolute atomic E-state index is 11.3. The molecule has 0 aliphatic rings. The van der Waals surface area contributed by atoms with Gasteiger partial charge in [0.1, 0.15) is 0 Å². The van der Waals surface area contributed by atoms with Crippen molar-refractivity contribution < 1.29 is 19.8 Å². The van der Waals surface area contributed by atoms with Crippen molar-refractivity contribution in [3.63, 3.8) is 0 Å². The fourth-order valence-electron chi connectivity index (χ4n) is 1.45. The number of carboxylic acids is 2.